The van der Waals surface area contributed by atoms with E-state index < -0.39 is 11.4 Å². The van der Waals surface area contributed by atoms with E-state index in [4.69, 9.17) is 13.7 Å². The Morgan fingerprint density at radius 3 is 2.79 bits per heavy atom. The van der Waals surface area contributed by atoms with Crippen LogP contribution < -0.4 is 0 Å². The molecule has 0 amide bonds. The molecular weight excluding hydrogens is 248 g/mol. The van der Waals surface area contributed by atoms with Gasteiger partial charge >= 0.3 is 5.97 Å². The summed E-state index contributed by atoms with van der Waals surface area (Å²) >= 11 is 0. The second-order valence-electron chi connectivity index (χ2n) is 4.70. The standard InChI is InChI=1S/C13H16N2O4/c1-5-17-12(16)13(3,4)11-14-10(15-19-11)9-8(2)6-7-18-9/h6-7H,5H2,1-4H3. The minimum absolute atomic E-state index is 0.205. The zero-order valence-corrected chi connectivity index (χ0v) is 11.4. The van der Waals surface area contributed by atoms with E-state index in [-0.39, 0.29) is 5.89 Å². The number of carbonyl (C=O) groups excluding carboxylic acids is 1. The van der Waals surface area contributed by atoms with Gasteiger partial charge in [0, 0.05) is 0 Å². The molecule has 2 aromatic heterocycles. The molecule has 2 aromatic rings. The highest BCUT2D eigenvalue weighted by molar-refractivity contribution is 5.80. The van der Waals surface area contributed by atoms with Crippen LogP contribution in [0.3, 0.4) is 0 Å². The molecule has 0 radical (unpaired) electrons. The van der Waals surface area contributed by atoms with Crippen LogP contribution in [0.1, 0.15) is 32.2 Å². The molecule has 0 aliphatic rings. The molecule has 6 heteroatoms. The molecule has 2 rings (SSSR count). The molecule has 0 aromatic carbocycles. The van der Waals surface area contributed by atoms with Crippen LogP contribution in [0, 0.1) is 6.92 Å². The highest BCUT2D eigenvalue weighted by Gasteiger charge is 2.37. The van der Waals surface area contributed by atoms with Gasteiger partial charge in [0.2, 0.25) is 11.7 Å². The second-order valence-corrected chi connectivity index (χ2v) is 4.70. The molecule has 0 fully saturated rings. The summed E-state index contributed by atoms with van der Waals surface area (Å²) in [7, 11) is 0. The summed E-state index contributed by atoms with van der Waals surface area (Å²) in [5.74, 6) is 0.669. The maximum absolute atomic E-state index is 11.9. The Balaban J connectivity index is 2.31. The van der Waals surface area contributed by atoms with Crippen molar-refractivity contribution >= 4 is 5.97 Å². The molecule has 0 unspecified atom stereocenters. The van der Waals surface area contributed by atoms with Crippen molar-refractivity contribution in [3.8, 4) is 11.6 Å². The van der Waals surface area contributed by atoms with Crippen LogP contribution in [-0.2, 0) is 14.9 Å². The third kappa shape index (κ3) is 2.38. The predicted octanol–water partition coefficient (Wildman–Crippen LogP) is 2.48. The predicted molar refractivity (Wildman–Crippen MR) is 66.4 cm³/mol. The second kappa shape index (κ2) is 4.87. The molecule has 0 aliphatic carbocycles. The molecule has 0 spiro atoms. The first-order valence-electron chi connectivity index (χ1n) is 6.02. The average Bonchev–Trinajstić information content (AvgIpc) is 2.97. The van der Waals surface area contributed by atoms with Crippen molar-refractivity contribution in [2.45, 2.75) is 33.1 Å². The molecule has 0 aliphatic heterocycles. The highest BCUT2D eigenvalue weighted by atomic mass is 16.5. The molecule has 0 saturated heterocycles. The van der Waals surface area contributed by atoms with Crippen LogP contribution in [0.4, 0.5) is 0 Å². The number of hydrogen-bond donors (Lipinski definition) is 0. The Hall–Kier alpha value is -2.11. The van der Waals surface area contributed by atoms with E-state index in [0.717, 1.165) is 5.56 Å². The smallest absolute Gasteiger partial charge is 0.321 e. The summed E-state index contributed by atoms with van der Waals surface area (Å²) in [5.41, 5.74) is -0.0804. The van der Waals surface area contributed by atoms with Crippen molar-refractivity contribution in [2.75, 3.05) is 6.61 Å². The topological polar surface area (TPSA) is 78.4 Å². The fraction of sp³-hybridized carbons (Fsp3) is 0.462. The van der Waals surface area contributed by atoms with E-state index in [1.807, 2.05) is 13.0 Å². The lowest BCUT2D eigenvalue weighted by molar-refractivity contribution is -0.149. The van der Waals surface area contributed by atoms with E-state index in [0.29, 0.717) is 18.2 Å². The summed E-state index contributed by atoms with van der Waals surface area (Å²) < 4.78 is 15.4. The van der Waals surface area contributed by atoms with Gasteiger partial charge in [-0.2, -0.15) is 4.98 Å². The Morgan fingerprint density at radius 2 is 2.21 bits per heavy atom. The fourth-order valence-electron chi connectivity index (χ4n) is 1.57. The lowest BCUT2D eigenvalue weighted by Gasteiger charge is -2.16. The van der Waals surface area contributed by atoms with E-state index in [1.165, 1.54) is 0 Å². The number of nitrogens with zero attached hydrogens (tertiary/aromatic N) is 2. The summed E-state index contributed by atoms with van der Waals surface area (Å²) in [6.07, 6.45) is 1.55. The molecule has 0 bridgehead atoms. The number of esters is 1. The van der Waals surface area contributed by atoms with Crippen molar-refractivity contribution in [1.82, 2.24) is 10.1 Å². The van der Waals surface area contributed by atoms with Crippen molar-refractivity contribution in [2.24, 2.45) is 0 Å². The van der Waals surface area contributed by atoms with E-state index in [2.05, 4.69) is 10.1 Å². The van der Waals surface area contributed by atoms with Gasteiger partial charge < -0.3 is 13.7 Å². The molecule has 6 nitrogen and oxygen atoms in total. The maximum atomic E-state index is 11.9. The number of ether oxygens (including phenoxy) is 1. The first-order chi connectivity index (χ1) is 8.96. The largest absolute Gasteiger partial charge is 0.465 e. The van der Waals surface area contributed by atoms with Gasteiger partial charge in [-0.1, -0.05) is 5.16 Å². The quantitative estimate of drug-likeness (QED) is 0.789. The number of rotatable bonds is 4. The van der Waals surface area contributed by atoms with Crippen LogP contribution in [0.2, 0.25) is 0 Å². The average molecular weight is 264 g/mol. The minimum Gasteiger partial charge on any atom is -0.465 e. The van der Waals surface area contributed by atoms with Gasteiger partial charge in [0.15, 0.2) is 5.76 Å². The molecule has 0 saturated carbocycles. The van der Waals surface area contributed by atoms with Crippen LogP contribution in [0.25, 0.3) is 11.6 Å². The lowest BCUT2D eigenvalue weighted by Crippen LogP contribution is -2.31. The summed E-state index contributed by atoms with van der Waals surface area (Å²) in [4.78, 5) is 16.1. The minimum atomic E-state index is -0.984. The zero-order valence-electron chi connectivity index (χ0n) is 11.4. The van der Waals surface area contributed by atoms with Gasteiger partial charge in [0.1, 0.15) is 5.41 Å². The molecule has 0 N–H and O–H groups in total. The van der Waals surface area contributed by atoms with Gasteiger partial charge in [0.05, 0.1) is 12.9 Å². The van der Waals surface area contributed by atoms with Gasteiger partial charge in [0.25, 0.3) is 0 Å². The first-order valence-corrected chi connectivity index (χ1v) is 6.02. The Labute approximate surface area is 110 Å². The van der Waals surface area contributed by atoms with Crippen LogP contribution in [0.15, 0.2) is 21.3 Å². The van der Waals surface area contributed by atoms with Crippen LogP contribution >= 0.6 is 0 Å². The van der Waals surface area contributed by atoms with Crippen molar-refractivity contribution in [3.63, 3.8) is 0 Å². The van der Waals surface area contributed by atoms with E-state index in [1.54, 1.807) is 27.0 Å². The summed E-state index contributed by atoms with van der Waals surface area (Å²) in [6, 6.07) is 1.81. The zero-order chi connectivity index (χ0) is 14.0. The first kappa shape index (κ1) is 13.3. The third-order valence-corrected chi connectivity index (χ3v) is 2.81. The van der Waals surface area contributed by atoms with E-state index >= 15 is 0 Å². The van der Waals surface area contributed by atoms with Gasteiger partial charge in [-0.3, -0.25) is 4.79 Å². The number of furan rings is 1. The summed E-state index contributed by atoms with van der Waals surface area (Å²) in [6.45, 7) is 7.29. The normalized spacial score (nSPS) is 11.6. The Kier molecular flexibility index (Phi) is 3.42. The molecule has 2 heterocycles. The van der Waals surface area contributed by atoms with E-state index in [9.17, 15) is 4.79 Å². The lowest BCUT2D eigenvalue weighted by atomic mass is 9.94. The third-order valence-electron chi connectivity index (χ3n) is 2.81. The number of carbonyl (C=O) groups is 1. The Bertz CT molecular complexity index is 583. The van der Waals surface area contributed by atoms with Gasteiger partial charge in [-0.05, 0) is 39.3 Å². The molecule has 0 atom stereocenters. The number of hydrogen-bond acceptors (Lipinski definition) is 6. The van der Waals surface area contributed by atoms with Crippen LogP contribution in [-0.4, -0.2) is 22.7 Å². The van der Waals surface area contributed by atoms with Crippen molar-refractivity contribution < 1.29 is 18.5 Å². The summed E-state index contributed by atoms with van der Waals surface area (Å²) in [5, 5.41) is 3.84. The maximum Gasteiger partial charge on any atom is 0.321 e. The molecular formula is C13H16N2O4. The number of aromatic nitrogens is 2. The fourth-order valence-corrected chi connectivity index (χ4v) is 1.57. The van der Waals surface area contributed by atoms with Crippen LogP contribution in [0.5, 0.6) is 0 Å². The molecule has 19 heavy (non-hydrogen) atoms. The van der Waals surface area contributed by atoms with Gasteiger partial charge in [-0.25, -0.2) is 0 Å². The Morgan fingerprint density at radius 1 is 1.47 bits per heavy atom. The van der Waals surface area contributed by atoms with Crippen molar-refractivity contribution in [1.29, 1.82) is 0 Å². The van der Waals surface area contributed by atoms with Gasteiger partial charge in [-0.15, -0.1) is 0 Å². The SMILES string of the molecule is CCOC(=O)C(C)(C)c1nc(-c2occc2C)no1. The number of aryl methyl sites for hydroxylation is 1. The monoisotopic (exact) mass is 264 g/mol. The molecule has 102 valence electrons. The van der Waals surface area contributed by atoms with Crippen molar-refractivity contribution in [3.05, 3.63) is 23.8 Å². The highest BCUT2D eigenvalue weighted by Crippen LogP contribution is 2.27.